The van der Waals surface area contributed by atoms with Crippen molar-refractivity contribution in [3.8, 4) is 0 Å². The molecule has 0 amide bonds. The molecule has 0 fully saturated rings. The molecule has 66 valence electrons. The lowest BCUT2D eigenvalue weighted by Crippen LogP contribution is -1.82. The summed E-state index contributed by atoms with van der Waals surface area (Å²) in [5.41, 5.74) is 2.01. The lowest BCUT2D eigenvalue weighted by Gasteiger charge is -2.01. The van der Waals surface area contributed by atoms with Crippen LogP contribution in [0.2, 0.25) is 5.02 Å². The third kappa shape index (κ3) is 1.69. The van der Waals surface area contributed by atoms with Gasteiger partial charge >= 0.3 is 0 Å². The normalized spacial score (nSPS) is 10.7. The average molecular weight is 257 g/mol. The molecule has 0 radical (unpaired) electrons. The van der Waals surface area contributed by atoms with Crippen LogP contribution in [0.4, 0.5) is 0 Å². The summed E-state index contributed by atoms with van der Waals surface area (Å²) in [6, 6.07) is 6.00. The largest absolute Gasteiger partial charge is 0.254 e. The minimum Gasteiger partial charge on any atom is -0.254 e. The summed E-state index contributed by atoms with van der Waals surface area (Å²) in [5.74, 6) is 0. The number of pyridine rings is 1. The molecular weight excluding hydrogens is 249 g/mol. The van der Waals surface area contributed by atoms with E-state index in [1.165, 1.54) is 0 Å². The van der Waals surface area contributed by atoms with Crippen molar-refractivity contribution in [2.45, 2.75) is 6.92 Å². The van der Waals surface area contributed by atoms with Crippen LogP contribution in [0.5, 0.6) is 0 Å². The van der Waals surface area contributed by atoms with E-state index in [0.29, 0.717) is 5.02 Å². The van der Waals surface area contributed by atoms with E-state index in [1.807, 2.05) is 19.1 Å². The van der Waals surface area contributed by atoms with E-state index in [0.717, 1.165) is 20.9 Å². The molecule has 0 N–H and O–H groups in total. The molecule has 0 spiro atoms. The summed E-state index contributed by atoms with van der Waals surface area (Å²) >= 11 is 9.41. The molecule has 13 heavy (non-hydrogen) atoms. The van der Waals surface area contributed by atoms with Gasteiger partial charge in [0.15, 0.2) is 0 Å². The van der Waals surface area contributed by atoms with Crippen LogP contribution in [0.3, 0.4) is 0 Å². The molecule has 0 bridgehead atoms. The highest BCUT2D eigenvalue weighted by Crippen LogP contribution is 2.25. The van der Waals surface area contributed by atoms with Crippen molar-refractivity contribution in [2.24, 2.45) is 0 Å². The predicted molar refractivity (Wildman–Crippen MR) is 59.2 cm³/mol. The van der Waals surface area contributed by atoms with Crippen LogP contribution in [-0.4, -0.2) is 4.98 Å². The van der Waals surface area contributed by atoms with Crippen LogP contribution in [0.15, 0.2) is 28.9 Å². The first-order valence-corrected chi connectivity index (χ1v) is 5.05. The molecule has 0 aliphatic carbocycles. The number of nitrogens with zero attached hydrogens (tertiary/aromatic N) is 1. The van der Waals surface area contributed by atoms with Crippen molar-refractivity contribution in [3.05, 3.63) is 39.5 Å². The Morgan fingerprint density at radius 1 is 1.31 bits per heavy atom. The predicted octanol–water partition coefficient (Wildman–Crippen LogP) is 3.96. The highest BCUT2D eigenvalue weighted by Gasteiger charge is 2.01. The monoisotopic (exact) mass is 255 g/mol. The molecular formula is C10H7BrClN. The third-order valence-electron chi connectivity index (χ3n) is 1.85. The van der Waals surface area contributed by atoms with E-state index >= 15 is 0 Å². The second-order valence-corrected chi connectivity index (χ2v) is 4.29. The summed E-state index contributed by atoms with van der Waals surface area (Å²) in [5, 5.41) is 1.78. The van der Waals surface area contributed by atoms with Gasteiger partial charge in [0.1, 0.15) is 0 Å². The molecule has 1 aromatic heterocycles. The second kappa shape index (κ2) is 3.28. The lowest BCUT2D eigenvalue weighted by atomic mass is 10.1. The van der Waals surface area contributed by atoms with Crippen LogP contribution < -0.4 is 0 Å². The van der Waals surface area contributed by atoms with Crippen molar-refractivity contribution in [3.63, 3.8) is 0 Å². The molecule has 0 saturated heterocycles. The first-order chi connectivity index (χ1) is 6.16. The Bertz CT molecular complexity index is 462. The molecule has 1 heterocycles. The SMILES string of the molecule is Cc1cc(Cl)c2ncc(Br)cc2c1. The quantitative estimate of drug-likeness (QED) is 0.695. The Morgan fingerprint density at radius 3 is 2.85 bits per heavy atom. The van der Waals surface area contributed by atoms with E-state index in [-0.39, 0.29) is 0 Å². The van der Waals surface area contributed by atoms with Gasteiger partial charge in [-0.1, -0.05) is 11.6 Å². The number of rotatable bonds is 0. The third-order valence-corrected chi connectivity index (χ3v) is 2.57. The maximum atomic E-state index is 6.04. The number of aromatic nitrogens is 1. The first kappa shape index (κ1) is 8.97. The van der Waals surface area contributed by atoms with Gasteiger partial charge in [-0.3, -0.25) is 4.98 Å². The Labute approximate surface area is 89.9 Å². The minimum atomic E-state index is 0.711. The fourth-order valence-electron chi connectivity index (χ4n) is 1.32. The summed E-state index contributed by atoms with van der Waals surface area (Å²) in [4.78, 5) is 4.24. The fraction of sp³-hybridized carbons (Fsp3) is 0.100. The van der Waals surface area contributed by atoms with Gasteiger partial charge < -0.3 is 0 Å². The summed E-state index contributed by atoms with van der Waals surface area (Å²) in [6.45, 7) is 2.02. The Hall–Kier alpha value is -0.600. The molecule has 0 atom stereocenters. The highest BCUT2D eigenvalue weighted by atomic mass is 79.9. The number of fused-ring (bicyclic) bond motifs is 1. The zero-order valence-electron chi connectivity index (χ0n) is 7.01. The van der Waals surface area contributed by atoms with E-state index in [1.54, 1.807) is 6.20 Å². The Kier molecular flexibility index (Phi) is 2.26. The molecule has 2 rings (SSSR count). The zero-order valence-corrected chi connectivity index (χ0v) is 9.35. The van der Waals surface area contributed by atoms with Crippen molar-refractivity contribution in [1.29, 1.82) is 0 Å². The highest BCUT2D eigenvalue weighted by molar-refractivity contribution is 9.10. The topological polar surface area (TPSA) is 12.9 Å². The lowest BCUT2D eigenvalue weighted by molar-refractivity contribution is 1.37. The molecule has 1 nitrogen and oxygen atoms in total. The van der Waals surface area contributed by atoms with Crippen LogP contribution in [0.25, 0.3) is 10.9 Å². The summed E-state index contributed by atoms with van der Waals surface area (Å²) in [6.07, 6.45) is 1.75. The fourth-order valence-corrected chi connectivity index (χ4v) is 2.00. The summed E-state index contributed by atoms with van der Waals surface area (Å²) in [7, 11) is 0. The number of halogens is 2. The molecule has 0 saturated carbocycles. The smallest absolute Gasteiger partial charge is 0.0889 e. The van der Waals surface area contributed by atoms with E-state index in [9.17, 15) is 0 Å². The minimum absolute atomic E-state index is 0.711. The van der Waals surface area contributed by atoms with Gasteiger partial charge in [-0.25, -0.2) is 0 Å². The Morgan fingerprint density at radius 2 is 2.08 bits per heavy atom. The van der Waals surface area contributed by atoms with Crippen LogP contribution in [0.1, 0.15) is 5.56 Å². The standard InChI is InChI=1S/C10H7BrClN/c1-6-2-7-4-8(11)5-13-10(7)9(12)3-6/h2-5H,1H3. The molecule has 3 heteroatoms. The van der Waals surface area contributed by atoms with Crippen molar-refractivity contribution < 1.29 is 0 Å². The number of aryl methyl sites for hydroxylation is 1. The number of benzene rings is 1. The van der Waals surface area contributed by atoms with Crippen molar-refractivity contribution in [1.82, 2.24) is 4.98 Å². The van der Waals surface area contributed by atoms with Gasteiger partial charge in [-0.05, 0) is 46.6 Å². The van der Waals surface area contributed by atoms with Crippen molar-refractivity contribution in [2.75, 3.05) is 0 Å². The zero-order chi connectivity index (χ0) is 9.42. The van der Waals surface area contributed by atoms with Gasteiger partial charge in [0.05, 0.1) is 10.5 Å². The van der Waals surface area contributed by atoms with E-state index < -0.39 is 0 Å². The summed E-state index contributed by atoms with van der Waals surface area (Å²) < 4.78 is 0.974. The van der Waals surface area contributed by atoms with Gasteiger partial charge in [0, 0.05) is 16.1 Å². The van der Waals surface area contributed by atoms with E-state index in [2.05, 4.69) is 27.0 Å². The maximum absolute atomic E-state index is 6.04. The van der Waals surface area contributed by atoms with Crippen molar-refractivity contribution >= 4 is 38.4 Å². The molecule has 2 aromatic rings. The molecule has 0 aliphatic heterocycles. The van der Waals surface area contributed by atoms with Gasteiger partial charge in [0.2, 0.25) is 0 Å². The van der Waals surface area contributed by atoms with E-state index in [4.69, 9.17) is 11.6 Å². The van der Waals surface area contributed by atoms with Crippen LogP contribution in [0, 0.1) is 6.92 Å². The maximum Gasteiger partial charge on any atom is 0.0889 e. The number of hydrogen-bond donors (Lipinski definition) is 0. The number of hydrogen-bond acceptors (Lipinski definition) is 1. The second-order valence-electron chi connectivity index (χ2n) is 2.97. The average Bonchev–Trinajstić information content (AvgIpc) is 2.02. The van der Waals surface area contributed by atoms with Gasteiger partial charge in [-0.15, -0.1) is 0 Å². The van der Waals surface area contributed by atoms with Gasteiger partial charge in [-0.2, -0.15) is 0 Å². The van der Waals surface area contributed by atoms with Crippen LogP contribution in [-0.2, 0) is 0 Å². The molecule has 0 aliphatic rings. The Balaban J connectivity index is 2.86. The van der Waals surface area contributed by atoms with Crippen LogP contribution >= 0.6 is 27.5 Å². The molecule has 1 aromatic carbocycles. The van der Waals surface area contributed by atoms with Gasteiger partial charge in [0.25, 0.3) is 0 Å². The molecule has 0 unspecified atom stereocenters. The first-order valence-electron chi connectivity index (χ1n) is 3.88.